The molecule has 2 atom stereocenters. The van der Waals surface area contributed by atoms with Crippen LogP contribution in [0.4, 0.5) is 0 Å². The average Bonchev–Trinajstić information content (AvgIpc) is 2.91. The second-order valence-corrected chi connectivity index (χ2v) is 8.80. The Morgan fingerprint density at radius 1 is 1.27 bits per heavy atom. The van der Waals surface area contributed by atoms with Crippen LogP contribution in [-0.4, -0.2) is 55.5 Å². The summed E-state index contributed by atoms with van der Waals surface area (Å²) in [5, 5.41) is 8.53. The third-order valence-corrected chi connectivity index (χ3v) is 7.17. The van der Waals surface area contributed by atoms with Crippen molar-refractivity contribution >= 4 is 26.8 Å². The molecule has 120 valence electrons. The number of nitrogens with zero attached hydrogens (tertiary/aromatic N) is 1. The first kappa shape index (κ1) is 15.5. The fourth-order valence-corrected chi connectivity index (χ4v) is 6.76. The van der Waals surface area contributed by atoms with Gasteiger partial charge in [0.1, 0.15) is 0 Å². The first-order valence-electron chi connectivity index (χ1n) is 6.86. The first-order chi connectivity index (χ1) is 10.4. The molecule has 2 fully saturated rings. The molecule has 22 heavy (non-hydrogen) atoms. The van der Waals surface area contributed by atoms with Gasteiger partial charge in [0.05, 0.1) is 31.8 Å². The van der Waals surface area contributed by atoms with E-state index in [1.807, 2.05) is 23.1 Å². The SMILES string of the molecule is COc1ccc(CN2C(=N)S[C@H]3CS(=O)(=O)C[C@@H]32)cc1OC. The number of benzene rings is 1. The van der Waals surface area contributed by atoms with E-state index in [0.717, 1.165) is 5.56 Å². The van der Waals surface area contributed by atoms with E-state index >= 15 is 0 Å². The van der Waals surface area contributed by atoms with Gasteiger partial charge in [-0.15, -0.1) is 0 Å². The van der Waals surface area contributed by atoms with Gasteiger partial charge in [0.2, 0.25) is 0 Å². The van der Waals surface area contributed by atoms with Crippen molar-refractivity contribution < 1.29 is 17.9 Å². The molecule has 0 amide bonds. The Morgan fingerprint density at radius 2 is 2.00 bits per heavy atom. The minimum atomic E-state index is -2.98. The van der Waals surface area contributed by atoms with Crippen LogP contribution in [0.15, 0.2) is 18.2 Å². The predicted molar refractivity (Wildman–Crippen MR) is 86.6 cm³/mol. The summed E-state index contributed by atoms with van der Waals surface area (Å²) in [6, 6.07) is 5.50. The minimum Gasteiger partial charge on any atom is -0.493 e. The molecule has 2 aliphatic rings. The molecule has 0 spiro atoms. The lowest BCUT2D eigenvalue weighted by Gasteiger charge is -2.24. The lowest BCUT2D eigenvalue weighted by molar-refractivity contribution is 0.341. The highest BCUT2D eigenvalue weighted by atomic mass is 32.2. The Hall–Kier alpha value is -1.41. The van der Waals surface area contributed by atoms with Crippen molar-refractivity contribution in [1.29, 1.82) is 5.41 Å². The van der Waals surface area contributed by atoms with Crippen molar-refractivity contribution in [3.8, 4) is 11.5 Å². The molecular formula is C14H18N2O4S2. The Balaban J connectivity index is 1.82. The highest BCUT2D eigenvalue weighted by molar-refractivity contribution is 8.15. The van der Waals surface area contributed by atoms with Crippen LogP contribution in [0.5, 0.6) is 11.5 Å². The minimum absolute atomic E-state index is 0.0161. The molecule has 0 aliphatic carbocycles. The molecule has 0 aromatic heterocycles. The first-order valence-corrected chi connectivity index (χ1v) is 9.57. The molecule has 0 saturated carbocycles. The normalized spacial score (nSPS) is 26.1. The monoisotopic (exact) mass is 342 g/mol. The van der Waals surface area contributed by atoms with Crippen LogP contribution in [0.1, 0.15) is 5.56 Å². The molecule has 2 heterocycles. The molecule has 0 bridgehead atoms. The largest absolute Gasteiger partial charge is 0.493 e. The summed E-state index contributed by atoms with van der Waals surface area (Å²) in [6.45, 7) is 0.503. The second-order valence-electron chi connectivity index (χ2n) is 5.42. The molecule has 8 heteroatoms. The molecule has 0 radical (unpaired) electrons. The van der Waals surface area contributed by atoms with E-state index in [1.165, 1.54) is 11.8 Å². The lowest BCUT2D eigenvalue weighted by Crippen LogP contribution is -2.36. The van der Waals surface area contributed by atoms with Gasteiger partial charge in [-0.2, -0.15) is 0 Å². The van der Waals surface area contributed by atoms with Crippen molar-refractivity contribution in [2.24, 2.45) is 0 Å². The topological polar surface area (TPSA) is 79.7 Å². The number of rotatable bonds is 4. The predicted octanol–water partition coefficient (Wildman–Crippen LogP) is 1.35. The van der Waals surface area contributed by atoms with Gasteiger partial charge in [-0.3, -0.25) is 5.41 Å². The summed E-state index contributed by atoms with van der Waals surface area (Å²) in [4.78, 5) is 1.88. The van der Waals surface area contributed by atoms with Crippen molar-refractivity contribution in [1.82, 2.24) is 4.90 Å². The van der Waals surface area contributed by atoms with E-state index in [1.54, 1.807) is 14.2 Å². The van der Waals surface area contributed by atoms with Gasteiger partial charge in [-0.1, -0.05) is 17.8 Å². The maximum Gasteiger partial charge on any atom is 0.161 e. The Morgan fingerprint density at radius 3 is 2.68 bits per heavy atom. The lowest BCUT2D eigenvalue weighted by atomic mass is 10.1. The van der Waals surface area contributed by atoms with Gasteiger partial charge >= 0.3 is 0 Å². The van der Waals surface area contributed by atoms with Crippen molar-refractivity contribution in [2.45, 2.75) is 17.8 Å². The van der Waals surface area contributed by atoms with E-state index in [4.69, 9.17) is 14.9 Å². The van der Waals surface area contributed by atoms with E-state index in [2.05, 4.69) is 0 Å². The van der Waals surface area contributed by atoms with Gasteiger partial charge in [-0.25, -0.2) is 8.42 Å². The number of thioether (sulfide) groups is 1. The van der Waals surface area contributed by atoms with Gasteiger partial charge in [-0.05, 0) is 17.7 Å². The van der Waals surface area contributed by atoms with Crippen LogP contribution in [0.3, 0.4) is 0 Å². The average molecular weight is 342 g/mol. The number of nitrogens with one attached hydrogen (secondary N) is 1. The van der Waals surface area contributed by atoms with E-state index in [-0.39, 0.29) is 22.8 Å². The molecule has 0 unspecified atom stereocenters. The number of sulfone groups is 1. The molecular weight excluding hydrogens is 324 g/mol. The van der Waals surface area contributed by atoms with Crippen molar-refractivity contribution in [3.63, 3.8) is 0 Å². The second kappa shape index (κ2) is 5.66. The van der Waals surface area contributed by atoms with Crippen LogP contribution in [-0.2, 0) is 16.4 Å². The van der Waals surface area contributed by atoms with Crippen LogP contribution in [0, 0.1) is 5.41 Å². The maximum atomic E-state index is 11.8. The molecule has 2 aliphatic heterocycles. The molecule has 1 aromatic carbocycles. The van der Waals surface area contributed by atoms with E-state index in [9.17, 15) is 8.42 Å². The molecule has 3 rings (SSSR count). The number of amidine groups is 1. The van der Waals surface area contributed by atoms with Crippen LogP contribution in [0.25, 0.3) is 0 Å². The standard InChI is InChI=1S/C14H18N2O4S2/c1-19-11-4-3-9(5-12(11)20-2)6-16-10-7-22(17,18)8-13(10)21-14(16)15/h3-5,10,13,15H,6-8H2,1-2H3/t10-,13-/m0/s1. The van der Waals surface area contributed by atoms with Crippen molar-refractivity contribution in [3.05, 3.63) is 23.8 Å². The summed E-state index contributed by atoms with van der Waals surface area (Å²) in [5.74, 6) is 1.60. The third kappa shape index (κ3) is 2.77. The smallest absolute Gasteiger partial charge is 0.161 e. The van der Waals surface area contributed by atoms with Gasteiger partial charge in [0.25, 0.3) is 0 Å². The number of methoxy groups -OCH3 is 2. The quantitative estimate of drug-likeness (QED) is 0.890. The van der Waals surface area contributed by atoms with E-state index in [0.29, 0.717) is 23.2 Å². The van der Waals surface area contributed by atoms with Crippen LogP contribution < -0.4 is 9.47 Å². The molecule has 6 nitrogen and oxygen atoms in total. The van der Waals surface area contributed by atoms with Gasteiger partial charge < -0.3 is 14.4 Å². The Labute approximate surface area is 134 Å². The highest BCUT2D eigenvalue weighted by Gasteiger charge is 2.47. The maximum absolute atomic E-state index is 11.8. The fourth-order valence-electron chi connectivity index (χ4n) is 2.93. The van der Waals surface area contributed by atoms with Crippen molar-refractivity contribution in [2.75, 3.05) is 25.7 Å². The number of fused-ring (bicyclic) bond motifs is 1. The molecule has 1 N–H and O–H groups in total. The summed E-state index contributed by atoms with van der Waals surface area (Å²) in [6.07, 6.45) is 0. The fraction of sp³-hybridized carbons (Fsp3) is 0.500. The van der Waals surface area contributed by atoms with Gasteiger partial charge in [0, 0.05) is 11.8 Å². The highest BCUT2D eigenvalue weighted by Crippen LogP contribution is 2.38. The summed E-state index contributed by atoms with van der Waals surface area (Å²) >= 11 is 1.36. The van der Waals surface area contributed by atoms with E-state index < -0.39 is 9.84 Å². The number of ether oxygens (including phenoxy) is 2. The number of hydrogen-bond donors (Lipinski definition) is 1. The molecule has 1 aromatic rings. The third-order valence-electron chi connectivity index (χ3n) is 4.00. The summed E-state index contributed by atoms with van der Waals surface area (Å²) in [5.41, 5.74) is 0.966. The molecule has 2 saturated heterocycles. The zero-order valence-corrected chi connectivity index (χ0v) is 14.0. The van der Waals surface area contributed by atoms with Crippen LogP contribution in [0.2, 0.25) is 0 Å². The summed E-state index contributed by atoms with van der Waals surface area (Å²) in [7, 11) is 0.178. The zero-order chi connectivity index (χ0) is 15.9. The summed E-state index contributed by atoms with van der Waals surface area (Å²) < 4.78 is 34.1. The number of hydrogen-bond acceptors (Lipinski definition) is 6. The van der Waals surface area contributed by atoms with Crippen LogP contribution >= 0.6 is 11.8 Å². The van der Waals surface area contributed by atoms with Gasteiger partial charge in [0.15, 0.2) is 26.5 Å². The Kier molecular flexibility index (Phi) is 3.98. The zero-order valence-electron chi connectivity index (χ0n) is 12.4. The Bertz CT molecular complexity index is 705.